The standard InChI is InChI=1S/C30H22F3N3O2S/c31-30(32,33)25-13-5-12-23-26(24(18-35-27(23)25)28(37)19-7-2-1-3-8-19)20-9-4-10-21(17-20)36-29(38)34-15-14-22-11-6-16-39-22/h1-13,16-18H,14-15H2,(H2,34,36,38). The molecule has 2 heterocycles. The second-order valence-corrected chi connectivity index (χ2v) is 9.76. The number of hydrogen-bond donors (Lipinski definition) is 2. The highest BCUT2D eigenvalue weighted by molar-refractivity contribution is 7.09. The summed E-state index contributed by atoms with van der Waals surface area (Å²) in [6, 6.07) is 22.5. The predicted octanol–water partition coefficient (Wildman–Crippen LogP) is 7.58. The van der Waals surface area contributed by atoms with E-state index < -0.39 is 17.8 Å². The van der Waals surface area contributed by atoms with Crippen LogP contribution in [0.4, 0.5) is 23.7 Å². The lowest BCUT2D eigenvalue weighted by molar-refractivity contribution is -0.136. The number of fused-ring (bicyclic) bond motifs is 1. The zero-order chi connectivity index (χ0) is 27.4. The smallest absolute Gasteiger partial charge is 0.338 e. The molecule has 2 aromatic heterocycles. The molecule has 0 fully saturated rings. The van der Waals surface area contributed by atoms with E-state index in [0.29, 0.717) is 35.3 Å². The molecule has 0 aliphatic carbocycles. The van der Waals surface area contributed by atoms with E-state index in [2.05, 4.69) is 15.6 Å². The number of nitrogens with one attached hydrogen (secondary N) is 2. The number of amides is 2. The second-order valence-electron chi connectivity index (χ2n) is 8.73. The molecule has 0 aliphatic rings. The Balaban J connectivity index is 1.53. The van der Waals surface area contributed by atoms with Gasteiger partial charge >= 0.3 is 12.2 Å². The van der Waals surface area contributed by atoms with Crippen molar-refractivity contribution < 1.29 is 22.8 Å². The van der Waals surface area contributed by atoms with Crippen molar-refractivity contribution in [3.05, 3.63) is 118 Å². The highest BCUT2D eigenvalue weighted by Crippen LogP contribution is 2.39. The van der Waals surface area contributed by atoms with Crippen molar-refractivity contribution in [1.29, 1.82) is 0 Å². The molecule has 5 nitrogen and oxygen atoms in total. The third-order valence-corrected chi connectivity index (χ3v) is 7.07. The summed E-state index contributed by atoms with van der Waals surface area (Å²) >= 11 is 1.61. The van der Waals surface area contributed by atoms with Crippen molar-refractivity contribution in [1.82, 2.24) is 10.3 Å². The molecule has 39 heavy (non-hydrogen) atoms. The van der Waals surface area contributed by atoms with Gasteiger partial charge in [-0.15, -0.1) is 11.3 Å². The van der Waals surface area contributed by atoms with Gasteiger partial charge < -0.3 is 10.6 Å². The first-order valence-electron chi connectivity index (χ1n) is 12.1. The van der Waals surface area contributed by atoms with Crippen molar-refractivity contribution in [2.75, 3.05) is 11.9 Å². The summed E-state index contributed by atoms with van der Waals surface area (Å²) in [5.41, 5.74) is 0.598. The minimum absolute atomic E-state index is 0.158. The molecule has 0 radical (unpaired) electrons. The van der Waals surface area contributed by atoms with E-state index in [0.717, 1.165) is 10.9 Å². The van der Waals surface area contributed by atoms with E-state index in [1.807, 2.05) is 17.5 Å². The van der Waals surface area contributed by atoms with Crippen LogP contribution in [0, 0.1) is 0 Å². The molecule has 0 bridgehead atoms. The van der Waals surface area contributed by atoms with Gasteiger partial charge in [-0.25, -0.2) is 4.79 Å². The number of carbonyl (C=O) groups is 2. The molecular formula is C30H22F3N3O2S. The number of urea groups is 1. The average Bonchev–Trinajstić information content (AvgIpc) is 3.45. The maximum Gasteiger partial charge on any atom is 0.418 e. The number of rotatable bonds is 7. The molecule has 0 unspecified atom stereocenters. The molecule has 196 valence electrons. The van der Waals surface area contributed by atoms with Crippen LogP contribution in [0.2, 0.25) is 0 Å². The number of thiophene rings is 1. The summed E-state index contributed by atoms with van der Waals surface area (Å²) < 4.78 is 41.4. The van der Waals surface area contributed by atoms with Gasteiger partial charge in [0.2, 0.25) is 0 Å². The number of ketones is 1. The van der Waals surface area contributed by atoms with Gasteiger partial charge in [0.1, 0.15) is 0 Å². The normalized spacial score (nSPS) is 11.4. The zero-order valence-electron chi connectivity index (χ0n) is 20.5. The van der Waals surface area contributed by atoms with E-state index >= 15 is 0 Å². The molecule has 5 rings (SSSR count). The van der Waals surface area contributed by atoms with E-state index in [1.165, 1.54) is 18.3 Å². The fraction of sp³-hybridized carbons (Fsp3) is 0.100. The van der Waals surface area contributed by atoms with E-state index in [4.69, 9.17) is 0 Å². The topological polar surface area (TPSA) is 71.1 Å². The minimum atomic E-state index is -4.63. The molecule has 0 aliphatic heterocycles. The highest BCUT2D eigenvalue weighted by atomic mass is 32.1. The van der Waals surface area contributed by atoms with Gasteiger partial charge in [-0.05, 0) is 41.6 Å². The van der Waals surface area contributed by atoms with E-state index in [1.54, 1.807) is 65.9 Å². The van der Waals surface area contributed by atoms with Crippen molar-refractivity contribution in [3.63, 3.8) is 0 Å². The Bertz CT molecular complexity index is 1640. The molecule has 2 N–H and O–H groups in total. The Morgan fingerprint density at radius 3 is 2.44 bits per heavy atom. The minimum Gasteiger partial charge on any atom is -0.338 e. The lowest BCUT2D eigenvalue weighted by Crippen LogP contribution is -2.30. The third kappa shape index (κ3) is 5.83. The molecule has 9 heteroatoms. The van der Waals surface area contributed by atoms with Crippen molar-refractivity contribution in [2.24, 2.45) is 0 Å². The van der Waals surface area contributed by atoms with Crippen molar-refractivity contribution >= 4 is 39.7 Å². The van der Waals surface area contributed by atoms with E-state index in [9.17, 15) is 22.8 Å². The number of alkyl halides is 3. The first kappa shape index (κ1) is 26.1. The average molecular weight is 546 g/mol. The summed E-state index contributed by atoms with van der Waals surface area (Å²) in [6.45, 7) is 0.441. The van der Waals surface area contributed by atoms with Crippen molar-refractivity contribution in [2.45, 2.75) is 12.6 Å². The van der Waals surface area contributed by atoms with Crippen LogP contribution >= 0.6 is 11.3 Å². The van der Waals surface area contributed by atoms with Crippen LogP contribution in [0.1, 0.15) is 26.4 Å². The summed E-state index contributed by atoms with van der Waals surface area (Å²) in [6.07, 6.45) is -2.74. The maximum atomic E-state index is 13.8. The number of pyridine rings is 1. The molecule has 0 saturated heterocycles. The molecule has 3 aromatic carbocycles. The van der Waals surface area contributed by atoms with Gasteiger partial charge in [0.15, 0.2) is 5.78 Å². The molecular weight excluding hydrogens is 523 g/mol. The molecule has 0 atom stereocenters. The monoisotopic (exact) mass is 545 g/mol. The quantitative estimate of drug-likeness (QED) is 0.207. The second kappa shape index (κ2) is 11.1. The lowest BCUT2D eigenvalue weighted by Gasteiger charge is -2.16. The fourth-order valence-corrected chi connectivity index (χ4v) is 5.07. The molecule has 0 saturated carbocycles. The lowest BCUT2D eigenvalue weighted by atomic mass is 9.91. The largest absolute Gasteiger partial charge is 0.418 e. The van der Waals surface area contributed by atoms with Crippen LogP contribution in [0.5, 0.6) is 0 Å². The van der Waals surface area contributed by atoms with Gasteiger partial charge in [0, 0.05) is 45.4 Å². The van der Waals surface area contributed by atoms with Gasteiger partial charge in [0.05, 0.1) is 11.1 Å². The Labute approximate surface area is 226 Å². The number of halogens is 3. The van der Waals surface area contributed by atoms with E-state index in [-0.39, 0.29) is 22.2 Å². The zero-order valence-corrected chi connectivity index (χ0v) is 21.3. The van der Waals surface area contributed by atoms with Crippen LogP contribution in [0.15, 0.2) is 96.5 Å². The number of aromatic nitrogens is 1. The Kier molecular flexibility index (Phi) is 7.42. The van der Waals surface area contributed by atoms with Crippen LogP contribution in [0.25, 0.3) is 22.0 Å². The SMILES string of the molecule is O=C(NCCc1cccs1)Nc1cccc(-c2c(C(=O)c3ccccc3)cnc3c(C(F)(F)F)cccc23)c1. The fourth-order valence-electron chi connectivity index (χ4n) is 4.36. The number of para-hydroxylation sites is 1. The van der Waals surface area contributed by atoms with Gasteiger partial charge in [-0.1, -0.05) is 60.7 Å². The third-order valence-electron chi connectivity index (χ3n) is 6.13. The number of anilines is 1. The summed E-state index contributed by atoms with van der Waals surface area (Å²) in [5, 5.41) is 7.72. The van der Waals surface area contributed by atoms with Crippen LogP contribution < -0.4 is 10.6 Å². The highest BCUT2D eigenvalue weighted by Gasteiger charge is 2.34. The summed E-state index contributed by atoms with van der Waals surface area (Å²) in [5.74, 6) is -0.373. The molecule has 2 amide bonds. The number of hydrogen-bond acceptors (Lipinski definition) is 4. The van der Waals surface area contributed by atoms with Crippen LogP contribution in [-0.2, 0) is 12.6 Å². The Morgan fingerprint density at radius 1 is 0.897 bits per heavy atom. The summed E-state index contributed by atoms with van der Waals surface area (Å²) in [7, 11) is 0. The molecule has 5 aromatic rings. The van der Waals surface area contributed by atoms with Crippen LogP contribution in [0.3, 0.4) is 0 Å². The first-order valence-corrected chi connectivity index (χ1v) is 13.0. The molecule has 0 spiro atoms. The van der Waals surface area contributed by atoms with Crippen molar-refractivity contribution in [3.8, 4) is 11.1 Å². The first-order chi connectivity index (χ1) is 18.8. The summed E-state index contributed by atoms with van der Waals surface area (Å²) in [4.78, 5) is 31.2. The Morgan fingerprint density at radius 2 is 1.69 bits per heavy atom. The van der Waals surface area contributed by atoms with Gasteiger partial charge in [0.25, 0.3) is 0 Å². The number of carbonyl (C=O) groups excluding carboxylic acids is 2. The number of nitrogens with zero attached hydrogens (tertiary/aromatic N) is 1. The maximum absolute atomic E-state index is 13.8. The number of benzene rings is 3. The Hall–Kier alpha value is -4.50. The van der Waals surface area contributed by atoms with Crippen LogP contribution in [-0.4, -0.2) is 23.3 Å². The van der Waals surface area contributed by atoms with Gasteiger partial charge in [-0.3, -0.25) is 9.78 Å². The van der Waals surface area contributed by atoms with Gasteiger partial charge in [-0.2, -0.15) is 13.2 Å². The predicted molar refractivity (Wildman–Crippen MR) is 147 cm³/mol.